The van der Waals surface area contributed by atoms with Gasteiger partial charge in [-0.2, -0.15) is 0 Å². The number of rotatable bonds is 12. The molecule has 104 valence electrons. The molecule has 0 amide bonds. The van der Waals surface area contributed by atoms with Crippen molar-refractivity contribution < 1.29 is 14.2 Å². The highest BCUT2D eigenvalue weighted by molar-refractivity contribution is 4.51. The molecule has 0 spiro atoms. The molecule has 0 atom stereocenters. The van der Waals surface area contributed by atoms with E-state index in [-0.39, 0.29) is 0 Å². The van der Waals surface area contributed by atoms with E-state index in [2.05, 4.69) is 27.7 Å². The minimum Gasteiger partial charge on any atom is -0.377 e. The smallest absolute Gasteiger partial charge is 0.0704 e. The Morgan fingerprint density at radius 1 is 0.588 bits per heavy atom. The molecule has 3 heteroatoms. The predicted octanol–water partition coefficient (Wildman–Crippen LogP) is 3.41. The fraction of sp³-hybridized carbons (Fsp3) is 1.00. The Bertz CT molecular complexity index is 126. The zero-order chi connectivity index (χ0) is 12.9. The van der Waals surface area contributed by atoms with Crippen molar-refractivity contribution in [2.24, 2.45) is 0 Å². The lowest BCUT2D eigenvalue weighted by Crippen LogP contribution is -2.17. The molecular formula is C14H30O3. The van der Waals surface area contributed by atoms with Crippen molar-refractivity contribution in [3.63, 3.8) is 0 Å². The fourth-order valence-electron chi connectivity index (χ4n) is 1.70. The van der Waals surface area contributed by atoms with Crippen molar-refractivity contribution in [3.8, 4) is 0 Å². The molecule has 0 saturated carbocycles. The van der Waals surface area contributed by atoms with E-state index in [9.17, 15) is 0 Å². The second-order valence-corrected chi connectivity index (χ2v) is 4.23. The Hall–Kier alpha value is -0.120. The van der Waals surface area contributed by atoms with Crippen molar-refractivity contribution in [3.05, 3.63) is 0 Å². The zero-order valence-electron chi connectivity index (χ0n) is 12.0. The van der Waals surface area contributed by atoms with Crippen molar-refractivity contribution in [2.45, 2.75) is 65.6 Å². The third-order valence-corrected chi connectivity index (χ3v) is 2.98. The van der Waals surface area contributed by atoms with E-state index < -0.39 is 0 Å². The van der Waals surface area contributed by atoms with E-state index >= 15 is 0 Å². The van der Waals surface area contributed by atoms with Crippen LogP contribution >= 0.6 is 0 Å². The van der Waals surface area contributed by atoms with E-state index in [1.807, 2.05) is 0 Å². The molecule has 0 aromatic rings. The Morgan fingerprint density at radius 2 is 0.941 bits per heavy atom. The summed E-state index contributed by atoms with van der Waals surface area (Å²) in [7, 11) is 0. The fourth-order valence-corrected chi connectivity index (χ4v) is 1.70. The molecule has 0 aromatic heterocycles. The first-order chi connectivity index (χ1) is 8.28. The molecule has 0 bridgehead atoms. The number of hydrogen-bond acceptors (Lipinski definition) is 3. The van der Waals surface area contributed by atoms with Gasteiger partial charge >= 0.3 is 0 Å². The minimum atomic E-state index is 0.388. The van der Waals surface area contributed by atoms with E-state index in [4.69, 9.17) is 14.2 Å². The summed E-state index contributed by atoms with van der Waals surface area (Å²) in [6, 6.07) is 0. The molecule has 0 heterocycles. The van der Waals surface area contributed by atoms with Gasteiger partial charge in [-0.05, 0) is 25.7 Å². The topological polar surface area (TPSA) is 27.7 Å². The SMILES string of the molecule is CCC(CC)OCCOCCOC(CC)CC. The van der Waals surface area contributed by atoms with Gasteiger partial charge in [0.05, 0.1) is 38.6 Å². The first-order valence-electron chi connectivity index (χ1n) is 7.09. The van der Waals surface area contributed by atoms with E-state index in [0.717, 1.165) is 25.7 Å². The van der Waals surface area contributed by atoms with Crippen molar-refractivity contribution in [1.29, 1.82) is 0 Å². The normalized spacial score (nSPS) is 11.6. The van der Waals surface area contributed by atoms with Crippen LogP contribution in [0.1, 0.15) is 53.4 Å². The van der Waals surface area contributed by atoms with Gasteiger partial charge in [-0.3, -0.25) is 0 Å². The third-order valence-electron chi connectivity index (χ3n) is 2.98. The highest BCUT2D eigenvalue weighted by Crippen LogP contribution is 2.03. The Balaban J connectivity index is 3.23. The molecule has 0 aliphatic rings. The lowest BCUT2D eigenvalue weighted by atomic mass is 10.2. The standard InChI is InChI=1S/C14H30O3/c1-5-13(6-2)16-11-9-15-10-12-17-14(7-3)8-4/h13-14H,5-12H2,1-4H3. The monoisotopic (exact) mass is 246 g/mol. The van der Waals surface area contributed by atoms with Crippen molar-refractivity contribution >= 4 is 0 Å². The molecule has 0 aliphatic carbocycles. The summed E-state index contributed by atoms with van der Waals surface area (Å²) < 4.78 is 16.8. The van der Waals surface area contributed by atoms with Crippen LogP contribution in [0.4, 0.5) is 0 Å². The van der Waals surface area contributed by atoms with Crippen LogP contribution in [-0.4, -0.2) is 38.6 Å². The van der Waals surface area contributed by atoms with Gasteiger partial charge in [0.2, 0.25) is 0 Å². The molecule has 17 heavy (non-hydrogen) atoms. The average molecular weight is 246 g/mol. The van der Waals surface area contributed by atoms with Gasteiger partial charge in [0.15, 0.2) is 0 Å². The Kier molecular flexibility index (Phi) is 12.3. The van der Waals surface area contributed by atoms with Gasteiger partial charge < -0.3 is 14.2 Å². The lowest BCUT2D eigenvalue weighted by molar-refractivity contribution is -0.0280. The van der Waals surface area contributed by atoms with Crippen LogP contribution < -0.4 is 0 Å². The van der Waals surface area contributed by atoms with Crippen LogP contribution in [0.15, 0.2) is 0 Å². The molecule has 0 rings (SSSR count). The molecule has 0 unspecified atom stereocenters. The van der Waals surface area contributed by atoms with Crippen LogP contribution in [-0.2, 0) is 14.2 Å². The zero-order valence-corrected chi connectivity index (χ0v) is 12.0. The van der Waals surface area contributed by atoms with Gasteiger partial charge in [-0.15, -0.1) is 0 Å². The number of hydrogen-bond donors (Lipinski definition) is 0. The van der Waals surface area contributed by atoms with E-state index in [0.29, 0.717) is 38.6 Å². The molecule has 0 saturated heterocycles. The quantitative estimate of drug-likeness (QED) is 0.494. The Labute approximate surface area is 107 Å². The summed E-state index contributed by atoms with van der Waals surface area (Å²) in [5, 5.41) is 0. The summed E-state index contributed by atoms with van der Waals surface area (Å²) in [6.45, 7) is 11.3. The van der Waals surface area contributed by atoms with E-state index in [1.54, 1.807) is 0 Å². The summed E-state index contributed by atoms with van der Waals surface area (Å²) in [6.07, 6.45) is 5.09. The Morgan fingerprint density at radius 3 is 1.24 bits per heavy atom. The molecule has 0 radical (unpaired) electrons. The van der Waals surface area contributed by atoms with Crippen LogP contribution in [0.3, 0.4) is 0 Å². The lowest BCUT2D eigenvalue weighted by Gasteiger charge is -2.15. The highest BCUT2D eigenvalue weighted by Gasteiger charge is 2.03. The van der Waals surface area contributed by atoms with Crippen LogP contribution in [0.5, 0.6) is 0 Å². The van der Waals surface area contributed by atoms with Gasteiger partial charge in [-0.25, -0.2) is 0 Å². The summed E-state index contributed by atoms with van der Waals surface area (Å²) >= 11 is 0. The summed E-state index contributed by atoms with van der Waals surface area (Å²) in [5.41, 5.74) is 0. The average Bonchev–Trinajstić information content (AvgIpc) is 2.37. The number of ether oxygens (including phenoxy) is 3. The first-order valence-corrected chi connectivity index (χ1v) is 7.09. The second-order valence-electron chi connectivity index (χ2n) is 4.23. The maximum absolute atomic E-state index is 5.64. The maximum Gasteiger partial charge on any atom is 0.0704 e. The maximum atomic E-state index is 5.64. The first kappa shape index (κ1) is 16.9. The largest absolute Gasteiger partial charge is 0.377 e. The van der Waals surface area contributed by atoms with Gasteiger partial charge in [0.1, 0.15) is 0 Å². The predicted molar refractivity (Wildman–Crippen MR) is 71.5 cm³/mol. The van der Waals surface area contributed by atoms with Gasteiger partial charge in [0, 0.05) is 0 Å². The van der Waals surface area contributed by atoms with E-state index in [1.165, 1.54) is 0 Å². The van der Waals surface area contributed by atoms with Gasteiger partial charge in [-0.1, -0.05) is 27.7 Å². The van der Waals surface area contributed by atoms with Crippen molar-refractivity contribution in [2.75, 3.05) is 26.4 Å². The van der Waals surface area contributed by atoms with Crippen LogP contribution in [0, 0.1) is 0 Å². The molecule has 0 N–H and O–H groups in total. The van der Waals surface area contributed by atoms with Crippen LogP contribution in [0.2, 0.25) is 0 Å². The van der Waals surface area contributed by atoms with Crippen molar-refractivity contribution in [1.82, 2.24) is 0 Å². The second kappa shape index (κ2) is 12.3. The molecule has 0 aromatic carbocycles. The summed E-state index contributed by atoms with van der Waals surface area (Å²) in [5.74, 6) is 0. The van der Waals surface area contributed by atoms with Crippen LogP contribution in [0.25, 0.3) is 0 Å². The molecular weight excluding hydrogens is 216 g/mol. The third kappa shape index (κ3) is 9.57. The minimum absolute atomic E-state index is 0.388. The molecule has 0 aliphatic heterocycles. The highest BCUT2D eigenvalue weighted by atomic mass is 16.5. The van der Waals surface area contributed by atoms with Gasteiger partial charge in [0.25, 0.3) is 0 Å². The molecule has 3 nitrogen and oxygen atoms in total. The summed E-state index contributed by atoms with van der Waals surface area (Å²) in [4.78, 5) is 0. The molecule has 0 fully saturated rings.